The van der Waals surface area contributed by atoms with Crippen LogP contribution in [0.2, 0.25) is 0 Å². The second-order valence-corrected chi connectivity index (χ2v) is 12.3. The molecule has 3 heterocycles. The Bertz CT molecular complexity index is 849. The molecule has 0 aromatic carbocycles. The highest BCUT2D eigenvalue weighted by molar-refractivity contribution is 5.89. The van der Waals surface area contributed by atoms with Crippen LogP contribution >= 0.6 is 0 Å². The molecule has 0 radical (unpaired) electrons. The molecule has 0 saturated carbocycles. The van der Waals surface area contributed by atoms with Gasteiger partial charge in [0, 0.05) is 38.6 Å². The molecule has 0 aromatic heterocycles. The number of hydrogen-bond acceptors (Lipinski definition) is 7. The molecule has 2 N–H and O–H groups in total. The molecule has 2 atom stereocenters. The number of ether oxygens (including phenoxy) is 2. The monoisotopic (exact) mass is 537 g/mol. The van der Waals surface area contributed by atoms with Gasteiger partial charge in [0.15, 0.2) is 0 Å². The first-order chi connectivity index (χ1) is 17.9. The molecular formula is C27H47N5O6. The lowest BCUT2D eigenvalue weighted by Gasteiger charge is -2.45. The maximum atomic E-state index is 13.8. The maximum absolute atomic E-state index is 13.8. The van der Waals surface area contributed by atoms with Gasteiger partial charge in [0.1, 0.15) is 12.6 Å². The second-order valence-electron chi connectivity index (χ2n) is 12.3. The van der Waals surface area contributed by atoms with Gasteiger partial charge in [-0.3, -0.25) is 19.2 Å². The summed E-state index contributed by atoms with van der Waals surface area (Å²) in [5.74, 6) is -0.539. The third-order valence-corrected chi connectivity index (χ3v) is 7.73. The van der Waals surface area contributed by atoms with Gasteiger partial charge < -0.3 is 34.8 Å². The fourth-order valence-corrected chi connectivity index (χ4v) is 5.53. The number of piperidine rings is 2. The molecule has 3 fully saturated rings. The summed E-state index contributed by atoms with van der Waals surface area (Å²) >= 11 is 0. The van der Waals surface area contributed by atoms with Crippen LogP contribution < -0.4 is 10.6 Å². The quantitative estimate of drug-likeness (QED) is 0.522. The summed E-state index contributed by atoms with van der Waals surface area (Å²) < 4.78 is 11.0. The second kappa shape index (κ2) is 13.2. The SMILES string of the molecule is CN(C)[C@@H]1CCN2C(=O)CC3(CCN(C(=O)CC(C)(C)C)CC3)NC(=O)COCCOCCNC(=O)[C@@H]2C1. The molecule has 216 valence electrons. The Hall–Kier alpha value is -2.24. The van der Waals surface area contributed by atoms with Gasteiger partial charge in [-0.1, -0.05) is 20.8 Å². The number of hydrogen-bond donors (Lipinski definition) is 2. The van der Waals surface area contributed by atoms with Crippen LogP contribution in [-0.4, -0.2) is 123 Å². The Morgan fingerprint density at radius 1 is 1.05 bits per heavy atom. The van der Waals surface area contributed by atoms with Crippen LogP contribution in [0.15, 0.2) is 0 Å². The summed E-state index contributed by atoms with van der Waals surface area (Å²) in [7, 11) is 3.98. The molecule has 3 aliphatic rings. The number of rotatable bonds is 2. The minimum Gasteiger partial charge on any atom is -0.377 e. The van der Waals surface area contributed by atoms with Gasteiger partial charge in [0.05, 0.1) is 31.8 Å². The van der Waals surface area contributed by atoms with Crippen molar-refractivity contribution < 1.29 is 28.7 Å². The molecule has 0 aromatic rings. The lowest BCUT2D eigenvalue weighted by Crippen LogP contribution is -2.61. The highest BCUT2D eigenvalue weighted by Gasteiger charge is 2.43. The van der Waals surface area contributed by atoms with Crippen molar-refractivity contribution in [3.8, 4) is 0 Å². The van der Waals surface area contributed by atoms with E-state index in [1.807, 2.05) is 39.8 Å². The standard InChI is InChI=1S/C27H47N5O6/c1-26(2,3)17-23(34)31-11-7-27(8-12-31)18-24(35)32-10-6-20(30(4)5)16-21(32)25(36)28-9-13-37-14-15-38-19-22(33)29-27/h20-21H,6-19H2,1-5H3,(H,28,36)(H,29,33)/t20-,21+/m1/s1. The lowest BCUT2D eigenvalue weighted by molar-refractivity contribution is -0.146. The van der Waals surface area contributed by atoms with Crippen LogP contribution in [0.3, 0.4) is 0 Å². The highest BCUT2D eigenvalue weighted by atomic mass is 16.5. The smallest absolute Gasteiger partial charge is 0.246 e. The van der Waals surface area contributed by atoms with E-state index < -0.39 is 11.6 Å². The number of carbonyl (C=O) groups is 4. The summed E-state index contributed by atoms with van der Waals surface area (Å²) in [6, 6.07) is -0.388. The zero-order valence-electron chi connectivity index (χ0n) is 23.8. The molecule has 3 saturated heterocycles. The first kappa shape index (κ1) is 30.3. The van der Waals surface area contributed by atoms with E-state index in [0.717, 1.165) is 6.42 Å². The number of fused-ring (bicyclic) bond motifs is 1. The molecule has 11 nitrogen and oxygen atoms in total. The van der Waals surface area contributed by atoms with Crippen LogP contribution in [0.1, 0.15) is 59.3 Å². The van der Waals surface area contributed by atoms with E-state index in [1.165, 1.54) is 0 Å². The van der Waals surface area contributed by atoms with E-state index in [2.05, 4.69) is 15.5 Å². The molecular weight excluding hydrogens is 490 g/mol. The summed E-state index contributed by atoms with van der Waals surface area (Å²) in [4.78, 5) is 58.3. The van der Waals surface area contributed by atoms with Crippen LogP contribution in [0.4, 0.5) is 0 Å². The third kappa shape index (κ3) is 8.64. The van der Waals surface area contributed by atoms with Crippen molar-refractivity contribution >= 4 is 23.6 Å². The number of likely N-dealkylation sites (tertiary alicyclic amines) is 1. The molecule has 0 aliphatic carbocycles. The normalized spacial score (nSPS) is 26.6. The average molecular weight is 538 g/mol. The van der Waals surface area contributed by atoms with Crippen molar-refractivity contribution in [3.05, 3.63) is 0 Å². The Balaban J connectivity index is 1.79. The molecule has 4 amide bonds. The maximum Gasteiger partial charge on any atom is 0.246 e. The van der Waals surface area contributed by atoms with Crippen molar-refractivity contribution in [2.45, 2.75) is 76.9 Å². The summed E-state index contributed by atoms with van der Waals surface area (Å²) in [6.07, 6.45) is 2.78. The molecule has 3 aliphatic heterocycles. The molecule has 1 spiro atoms. The van der Waals surface area contributed by atoms with Gasteiger partial charge in [-0.05, 0) is 45.2 Å². The van der Waals surface area contributed by atoms with Gasteiger partial charge in [0.2, 0.25) is 23.6 Å². The minimum atomic E-state index is -0.803. The number of nitrogens with one attached hydrogen (secondary N) is 2. The Kier molecular flexibility index (Phi) is 10.5. The predicted molar refractivity (Wildman–Crippen MR) is 142 cm³/mol. The summed E-state index contributed by atoms with van der Waals surface area (Å²) in [6.45, 7) is 8.61. The van der Waals surface area contributed by atoms with Crippen molar-refractivity contribution in [1.82, 2.24) is 25.3 Å². The topological polar surface area (TPSA) is 121 Å². The van der Waals surface area contributed by atoms with Gasteiger partial charge in [-0.25, -0.2) is 0 Å². The van der Waals surface area contributed by atoms with Gasteiger partial charge in [0.25, 0.3) is 0 Å². The van der Waals surface area contributed by atoms with E-state index in [1.54, 1.807) is 4.90 Å². The van der Waals surface area contributed by atoms with Crippen LogP contribution in [0.25, 0.3) is 0 Å². The fraction of sp³-hybridized carbons (Fsp3) is 0.852. The van der Waals surface area contributed by atoms with E-state index in [-0.39, 0.29) is 54.7 Å². The first-order valence-electron chi connectivity index (χ1n) is 13.9. The van der Waals surface area contributed by atoms with E-state index in [4.69, 9.17) is 9.47 Å². The van der Waals surface area contributed by atoms with Gasteiger partial charge >= 0.3 is 0 Å². The molecule has 3 rings (SSSR count). The lowest BCUT2D eigenvalue weighted by atomic mass is 9.82. The highest BCUT2D eigenvalue weighted by Crippen LogP contribution is 2.31. The fourth-order valence-electron chi connectivity index (χ4n) is 5.53. The van der Waals surface area contributed by atoms with Gasteiger partial charge in [-0.15, -0.1) is 0 Å². The van der Waals surface area contributed by atoms with Crippen molar-refractivity contribution in [1.29, 1.82) is 0 Å². The van der Waals surface area contributed by atoms with Crippen molar-refractivity contribution in [3.63, 3.8) is 0 Å². The third-order valence-electron chi connectivity index (χ3n) is 7.73. The van der Waals surface area contributed by atoms with E-state index in [0.29, 0.717) is 65.1 Å². The van der Waals surface area contributed by atoms with Gasteiger partial charge in [-0.2, -0.15) is 0 Å². The number of amides is 4. The number of nitrogens with zero attached hydrogens (tertiary/aromatic N) is 3. The zero-order chi connectivity index (χ0) is 27.9. The Labute approximate surface area is 226 Å². The summed E-state index contributed by atoms with van der Waals surface area (Å²) in [5.41, 5.74) is -0.920. The van der Waals surface area contributed by atoms with Crippen LogP contribution in [-0.2, 0) is 28.7 Å². The number of carbonyl (C=O) groups excluding carboxylic acids is 4. The molecule has 38 heavy (non-hydrogen) atoms. The van der Waals surface area contributed by atoms with Crippen molar-refractivity contribution in [2.24, 2.45) is 5.41 Å². The van der Waals surface area contributed by atoms with Crippen molar-refractivity contribution in [2.75, 3.05) is 66.7 Å². The summed E-state index contributed by atoms with van der Waals surface area (Å²) in [5, 5.41) is 6.01. The average Bonchev–Trinajstić information content (AvgIpc) is 2.83. The Morgan fingerprint density at radius 2 is 1.74 bits per heavy atom. The zero-order valence-corrected chi connectivity index (χ0v) is 23.8. The molecule has 11 heteroatoms. The van der Waals surface area contributed by atoms with E-state index >= 15 is 0 Å². The van der Waals surface area contributed by atoms with Crippen LogP contribution in [0, 0.1) is 5.41 Å². The Morgan fingerprint density at radius 3 is 2.39 bits per heavy atom. The molecule has 0 unspecified atom stereocenters. The first-order valence-corrected chi connectivity index (χ1v) is 13.9. The van der Waals surface area contributed by atoms with Crippen LogP contribution in [0.5, 0.6) is 0 Å². The van der Waals surface area contributed by atoms with E-state index in [9.17, 15) is 19.2 Å². The minimum absolute atomic E-state index is 0.0829. The predicted octanol–water partition coefficient (Wildman–Crippen LogP) is 0.374. The largest absolute Gasteiger partial charge is 0.377 e. The molecule has 0 bridgehead atoms.